The molecule has 0 aliphatic rings. The summed E-state index contributed by atoms with van der Waals surface area (Å²) in [5.41, 5.74) is 0.186. The Bertz CT molecular complexity index is 117. The minimum Gasteiger partial charge on any atom is -0.392 e. The van der Waals surface area contributed by atoms with Crippen LogP contribution in [0.2, 0.25) is 0 Å². The van der Waals surface area contributed by atoms with Gasteiger partial charge in [0.2, 0.25) is 0 Å². The first-order valence-corrected chi connectivity index (χ1v) is 4.22. The third kappa shape index (κ3) is 4.04. The molecule has 2 N–H and O–H groups in total. The second-order valence-electron chi connectivity index (χ2n) is 3.00. The highest BCUT2D eigenvalue weighted by molar-refractivity contribution is 4.89. The van der Waals surface area contributed by atoms with Gasteiger partial charge in [0.15, 0.2) is 0 Å². The Morgan fingerprint density at radius 1 is 1.36 bits per heavy atom. The maximum absolute atomic E-state index is 8.48. The summed E-state index contributed by atoms with van der Waals surface area (Å²) in [6.45, 7) is 6.60. The van der Waals surface area contributed by atoms with Gasteiger partial charge in [-0.05, 0) is 32.0 Å². The van der Waals surface area contributed by atoms with Gasteiger partial charge in [-0.25, -0.2) is 0 Å². The molecule has 0 aliphatic carbocycles. The lowest BCUT2D eigenvalue weighted by atomic mass is 9.96. The zero-order valence-corrected chi connectivity index (χ0v) is 7.72. The summed E-state index contributed by atoms with van der Waals surface area (Å²) in [6, 6.07) is 0. The fraction of sp³-hybridized carbons (Fsp3) is 0.778. The minimum absolute atomic E-state index is 0.108. The second-order valence-corrected chi connectivity index (χ2v) is 3.00. The van der Waals surface area contributed by atoms with Crippen molar-refractivity contribution in [3.05, 3.63) is 12.3 Å². The average Bonchev–Trinajstić information content (AvgIpc) is 2.05. The van der Waals surface area contributed by atoms with Crippen molar-refractivity contribution in [1.29, 1.82) is 0 Å². The van der Waals surface area contributed by atoms with Crippen molar-refractivity contribution in [3.63, 3.8) is 0 Å². The maximum atomic E-state index is 8.48. The van der Waals surface area contributed by atoms with Crippen LogP contribution in [0.15, 0.2) is 12.3 Å². The first-order chi connectivity index (χ1) is 5.18. The van der Waals surface area contributed by atoms with Crippen LogP contribution in [0.5, 0.6) is 0 Å². The van der Waals surface area contributed by atoms with E-state index < -0.39 is 0 Å². The molecule has 0 spiro atoms. The fourth-order valence-electron chi connectivity index (χ4n) is 0.767. The highest BCUT2D eigenvalue weighted by Crippen LogP contribution is 2.12. The van der Waals surface area contributed by atoms with Crippen molar-refractivity contribution in [2.75, 3.05) is 6.61 Å². The normalized spacial score (nSPS) is 12.4. The summed E-state index contributed by atoms with van der Waals surface area (Å²) in [7, 11) is 0. The Labute approximate surface area is 69.3 Å². The molecular formula is C9H19NO. The standard InChI is InChI=1S/C9H19NO/c1-4-9(3,5-2)10-7-6-8-11/h6-7,10-11H,4-5,8H2,1-3H3/b7-6-. The number of hydrogen-bond acceptors (Lipinski definition) is 2. The molecule has 0 fully saturated rings. The Morgan fingerprint density at radius 2 is 1.91 bits per heavy atom. The molecule has 0 radical (unpaired) electrons. The molecule has 0 aromatic carbocycles. The summed E-state index contributed by atoms with van der Waals surface area (Å²) in [5, 5.41) is 11.7. The molecule has 0 unspecified atom stereocenters. The van der Waals surface area contributed by atoms with Gasteiger partial charge in [0.1, 0.15) is 0 Å². The van der Waals surface area contributed by atoms with Crippen LogP contribution in [0.4, 0.5) is 0 Å². The van der Waals surface area contributed by atoms with Gasteiger partial charge in [0.05, 0.1) is 6.61 Å². The lowest BCUT2D eigenvalue weighted by Crippen LogP contribution is -2.37. The van der Waals surface area contributed by atoms with Crippen LogP contribution in [0.3, 0.4) is 0 Å². The topological polar surface area (TPSA) is 32.3 Å². The SMILES string of the molecule is CCC(C)(CC)N/C=C\CO. The van der Waals surface area contributed by atoms with E-state index in [2.05, 4.69) is 26.1 Å². The molecule has 0 aromatic heterocycles. The van der Waals surface area contributed by atoms with E-state index in [0.29, 0.717) is 0 Å². The van der Waals surface area contributed by atoms with Crippen LogP contribution in [0.25, 0.3) is 0 Å². The highest BCUT2D eigenvalue weighted by atomic mass is 16.2. The molecule has 0 bridgehead atoms. The lowest BCUT2D eigenvalue weighted by Gasteiger charge is -2.27. The van der Waals surface area contributed by atoms with E-state index in [1.165, 1.54) is 0 Å². The fourth-order valence-corrected chi connectivity index (χ4v) is 0.767. The zero-order valence-electron chi connectivity index (χ0n) is 7.72. The molecule has 2 heteroatoms. The lowest BCUT2D eigenvalue weighted by molar-refractivity contribution is 0.338. The van der Waals surface area contributed by atoms with Gasteiger partial charge in [-0.2, -0.15) is 0 Å². The monoisotopic (exact) mass is 157 g/mol. The number of hydrogen-bond donors (Lipinski definition) is 2. The molecule has 0 aliphatic heterocycles. The first-order valence-electron chi connectivity index (χ1n) is 4.22. The molecule has 0 aromatic rings. The van der Waals surface area contributed by atoms with Crippen molar-refractivity contribution in [3.8, 4) is 0 Å². The van der Waals surface area contributed by atoms with Gasteiger partial charge in [-0.15, -0.1) is 0 Å². The maximum Gasteiger partial charge on any atom is 0.0629 e. The molecular weight excluding hydrogens is 138 g/mol. The zero-order chi connectivity index (χ0) is 8.74. The quantitative estimate of drug-likeness (QED) is 0.636. The van der Waals surface area contributed by atoms with Crippen LogP contribution >= 0.6 is 0 Å². The smallest absolute Gasteiger partial charge is 0.0629 e. The average molecular weight is 157 g/mol. The summed E-state index contributed by atoms with van der Waals surface area (Å²) in [4.78, 5) is 0. The Hall–Kier alpha value is -0.500. The molecule has 0 saturated carbocycles. The van der Waals surface area contributed by atoms with Gasteiger partial charge in [0.25, 0.3) is 0 Å². The van der Waals surface area contributed by atoms with Gasteiger partial charge in [-0.3, -0.25) is 0 Å². The van der Waals surface area contributed by atoms with Crippen molar-refractivity contribution >= 4 is 0 Å². The molecule has 0 amide bonds. The number of aliphatic hydroxyl groups is 1. The summed E-state index contributed by atoms with van der Waals surface area (Å²) in [5.74, 6) is 0. The molecule has 11 heavy (non-hydrogen) atoms. The highest BCUT2D eigenvalue weighted by Gasteiger charge is 2.15. The van der Waals surface area contributed by atoms with Crippen LogP contribution < -0.4 is 5.32 Å². The molecule has 2 nitrogen and oxygen atoms in total. The van der Waals surface area contributed by atoms with Gasteiger partial charge >= 0.3 is 0 Å². The largest absolute Gasteiger partial charge is 0.392 e. The van der Waals surface area contributed by atoms with E-state index in [0.717, 1.165) is 12.8 Å². The van der Waals surface area contributed by atoms with Gasteiger partial charge in [-0.1, -0.05) is 13.8 Å². The second kappa shape index (κ2) is 5.19. The third-order valence-electron chi connectivity index (χ3n) is 2.22. The molecule has 0 saturated heterocycles. The molecule has 0 heterocycles. The number of rotatable bonds is 5. The van der Waals surface area contributed by atoms with E-state index in [4.69, 9.17) is 5.11 Å². The van der Waals surface area contributed by atoms with E-state index in [1.807, 2.05) is 6.20 Å². The summed E-state index contributed by atoms with van der Waals surface area (Å²) in [6.07, 6.45) is 5.73. The predicted molar refractivity (Wildman–Crippen MR) is 48.3 cm³/mol. The number of aliphatic hydroxyl groups excluding tert-OH is 1. The van der Waals surface area contributed by atoms with Crippen LogP contribution in [0, 0.1) is 0 Å². The van der Waals surface area contributed by atoms with Crippen LogP contribution in [-0.4, -0.2) is 17.3 Å². The van der Waals surface area contributed by atoms with Crippen molar-refractivity contribution in [2.45, 2.75) is 39.2 Å². The minimum atomic E-state index is 0.108. The summed E-state index contributed by atoms with van der Waals surface area (Å²) < 4.78 is 0. The van der Waals surface area contributed by atoms with Crippen molar-refractivity contribution in [2.24, 2.45) is 0 Å². The Kier molecular flexibility index (Phi) is 4.95. The molecule has 0 atom stereocenters. The summed E-state index contributed by atoms with van der Waals surface area (Å²) >= 11 is 0. The van der Waals surface area contributed by atoms with E-state index in [1.54, 1.807) is 6.08 Å². The predicted octanol–water partition coefficient (Wildman–Crippen LogP) is 1.66. The number of nitrogens with one attached hydrogen (secondary N) is 1. The first kappa shape index (κ1) is 10.5. The Balaban J connectivity index is 3.77. The Morgan fingerprint density at radius 3 is 2.27 bits per heavy atom. The van der Waals surface area contributed by atoms with E-state index in [-0.39, 0.29) is 12.1 Å². The van der Waals surface area contributed by atoms with Crippen LogP contribution in [0.1, 0.15) is 33.6 Å². The van der Waals surface area contributed by atoms with E-state index >= 15 is 0 Å². The van der Waals surface area contributed by atoms with Gasteiger partial charge in [0, 0.05) is 5.54 Å². The van der Waals surface area contributed by atoms with Gasteiger partial charge < -0.3 is 10.4 Å². The molecule has 66 valence electrons. The van der Waals surface area contributed by atoms with Crippen LogP contribution in [-0.2, 0) is 0 Å². The third-order valence-corrected chi connectivity index (χ3v) is 2.22. The molecule has 0 rings (SSSR count). The van der Waals surface area contributed by atoms with E-state index in [9.17, 15) is 0 Å². The van der Waals surface area contributed by atoms with Crippen molar-refractivity contribution < 1.29 is 5.11 Å². The van der Waals surface area contributed by atoms with Crippen molar-refractivity contribution in [1.82, 2.24) is 5.32 Å².